The standard InChI is InChI=1S/C28H37N3O3S2.O.Tc/c1-34-28(33)27-24(22-8-7-20-5-2-3-6-21(20)17-22)18-23-9-10-25(27)31(23)13-4-12-30(14-16-36)19-26(32)29-11-15-35;;/h2-3,5-8,17,23,25,35-36H,4,9-16,18-19H2,1H3,(H,29,32);;/q;;+3/p-3/t23-,25+;;/m0../s1/i;;1+1. The van der Waals surface area contributed by atoms with Gasteiger partial charge in [-0.1, -0.05) is 36.4 Å². The number of methoxy groups -OCH3 is 1. The fraction of sp³-hybridized carbons (Fsp3) is 0.500. The second-order valence-corrected chi connectivity index (χ2v) is 10.3. The molecule has 2 heterocycles. The Morgan fingerprint density at radius 1 is 1.13 bits per heavy atom. The van der Waals surface area contributed by atoms with Crippen molar-refractivity contribution in [3.8, 4) is 0 Å². The van der Waals surface area contributed by atoms with E-state index in [0.29, 0.717) is 30.6 Å². The topological polar surface area (TPSA) is 85.3 Å². The van der Waals surface area contributed by atoms with Gasteiger partial charge in [0.05, 0.1) is 12.7 Å². The number of nitrogens with zero attached hydrogens (tertiary/aromatic N) is 3. The Hall–Kier alpha value is -1.55. The zero-order chi connectivity index (χ0) is 27.5. The number of fused-ring (bicyclic) bond motifs is 3. The third-order valence-electron chi connectivity index (χ3n) is 7.28. The molecule has 0 amide bonds. The van der Waals surface area contributed by atoms with Gasteiger partial charge in [0.1, 0.15) is 0 Å². The third kappa shape index (κ3) is 7.77. The van der Waals surface area contributed by atoms with E-state index in [2.05, 4.69) is 45.1 Å². The molecule has 204 valence electrons. The number of esters is 1. The van der Waals surface area contributed by atoms with Crippen LogP contribution in [0, 0.1) is 0 Å². The predicted molar refractivity (Wildman–Crippen MR) is 150 cm³/mol. The van der Waals surface area contributed by atoms with Crippen molar-refractivity contribution in [3.63, 3.8) is 0 Å². The van der Waals surface area contributed by atoms with Crippen LogP contribution in [0.5, 0.6) is 0 Å². The molecule has 2 atom stereocenters. The number of carbonyl (C=O) groups excluding carboxylic acids is 1. The second-order valence-electron chi connectivity index (χ2n) is 9.45. The number of carbonyl (C=O) groups is 1. The van der Waals surface area contributed by atoms with Gasteiger partial charge in [0.15, 0.2) is 0 Å². The predicted octanol–water partition coefficient (Wildman–Crippen LogP) is 2.43. The molecule has 0 aliphatic carbocycles. The molecule has 0 saturated carbocycles. The molecule has 2 aromatic carbocycles. The maximum atomic E-state index is 13.0. The molecule has 0 spiro atoms. The van der Waals surface area contributed by atoms with Crippen LogP contribution in [0.1, 0.15) is 31.2 Å². The number of rotatable bonds is 12. The minimum atomic E-state index is -0.227. The number of benzene rings is 2. The van der Waals surface area contributed by atoms with E-state index in [1.165, 1.54) is 17.9 Å². The Labute approximate surface area is 247 Å². The number of ether oxygens (including phenoxy) is 1. The quantitative estimate of drug-likeness (QED) is 0.152. The van der Waals surface area contributed by atoms with E-state index in [1.807, 2.05) is 12.1 Å². The van der Waals surface area contributed by atoms with Crippen LogP contribution in [-0.4, -0.2) is 85.1 Å². The average molecular weight is 640 g/mol. The molecule has 7 nitrogen and oxygen atoms in total. The summed E-state index contributed by atoms with van der Waals surface area (Å²) in [5.74, 6) is 0.683. The van der Waals surface area contributed by atoms with E-state index in [1.54, 1.807) is 0 Å². The molecular weight excluding hydrogens is 605 g/mol. The summed E-state index contributed by atoms with van der Waals surface area (Å²) in [5.41, 5.74) is 3.04. The maximum absolute atomic E-state index is 13.0. The van der Waals surface area contributed by atoms with E-state index in [-0.39, 0.29) is 24.5 Å². The summed E-state index contributed by atoms with van der Waals surface area (Å²) in [6.45, 7) is 3.02. The van der Waals surface area contributed by atoms with Gasteiger partial charge < -0.3 is 45.0 Å². The summed E-state index contributed by atoms with van der Waals surface area (Å²) in [5, 5.41) is 14.5. The van der Waals surface area contributed by atoms with Crippen LogP contribution in [-0.2, 0) is 57.1 Å². The van der Waals surface area contributed by atoms with Gasteiger partial charge in [-0.2, -0.15) is 11.5 Å². The second kappa shape index (κ2) is 15.9. The van der Waals surface area contributed by atoms with Crippen molar-refractivity contribution >= 4 is 53.5 Å². The van der Waals surface area contributed by atoms with E-state index in [4.69, 9.17) is 33.5 Å². The molecule has 0 unspecified atom stereocenters. The van der Waals surface area contributed by atoms with Crippen molar-refractivity contribution in [2.75, 3.05) is 51.3 Å². The summed E-state index contributed by atoms with van der Waals surface area (Å²) in [7, 11) is 1.47. The van der Waals surface area contributed by atoms with Crippen LogP contribution in [0.2, 0.25) is 0 Å². The minimum absolute atomic E-state index is 0.0637. The third-order valence-corrected chi connectivity index (χ3v) is 7.65. The summed E-state index contributed by atoms with van der Waals surface area (Å²) >= 11 is 11.0. The van der Waals surface area contributed by atoms with Crippen molar-refractivity contribution in [2.45, 2.75) is 37.8 Å². The molecule has 4 rings (SSSR count). The first-order valence-electron chi connectivity index (χ1n) is 12.9. The number of aliphatic imine (C=N–C) groups is 1. The molecule has 2 aromatic rings. The van der Waals surface area contributed by atoms with Crippen molar-refractivity contribution < 1.29 is 37.0 Å². The molecule has 10 heteroatoms. The van der Waals surface area contributed by atoms with Crippen molar-refractivity contribution in [1.29, 1.82) is 0 Å². The van der Waals surface area contributed by atoms with Crippen LogP contribution in [0.25, 0.3) is 16.3 Å². The zero-order valence-electron chi connectivity index (χ0n) is 21.6. The Balaban J connectivity index is 0.00000195. The van der Waals surface area contributed by atoms with Gasteiger partial charge in [-0.15, -0.1) is 0 Å². The molecule has 0 N–H and O–H groups in total. The fourth-order valence-electron chi connectivity index (χ4n) is 5.66. The normalized spacial score (nSPS) is 19.5. The van der Waals surface area contributed by atoms with E-state index in [0.717, 1.165) is 74.3 Å². The monoisotopic (exact) mass is 639 g/mol. The molecule has 1 saturated heterocycles. The summed E-state index contributed by atoms with van der Waals surface area (Å²) in [4.78, 5) is 21.6. The molecule has 0 radical (unpaired) electrons. The van der Waals surface area contributed by atoms with Gasteiger partial charge in [0.25, 0.3) is 0 Å². The van der Waals surface area contributed by atoms with Crippen molar-refractivity contribution in [3.05, 3.63) is 53.6 Å². The van der Waals surface area contributed by atoms with Gasteiger partial charge in [-0.05, 0) is 72.6 Å². The number of hydrogen-bond donors (Lipinski definition) is 0. The molecule has 2 aliphatic heterocycles. The summed E-state index contributed by atoms with van der Waals surface area (Å²) < 4.78 is 13.5. The van der Waals surface area contributed by atoms with E-state index in [9.17, 15) is 9.90 Å². The Kier molecular flexibility index (Phi) is 13.0. The van der Waals surface area contributed by atoms with Gasteiger partial charge >= 0.3 is 28.3 Å². The Morgan fingerprint density at radius 3 is 2.61 bits per heavy atom. The SMILES string of the molecule is COC(=O)C1=C(c2ccc3ccccc3c2)C[C@@H]2CC[C@H]1N2CCCN(CC[S-])CC([O-])=NCC[S-].[O]=[99Tc+3]. The molecule has 2 aliphatic rings. The van der Waals surface area contributed by atoms with Crippen LogP contribution < -0.4 is 5.11 Å². The Bertz CT molecular complexity index is 1150. The van der Waals surface area contributed by atoms with Gasteiger partial charge in [-0.25, -0.2) is 4.79 Å². The first-order valence-corrected chi connectivity index (χ1v) is 14.8. The van der Waals surface area contributed by atoms with Crippen LogP contribution in [0.4, 0.5) is 0 Å². The Morgan fingerprint density at radius 2 is 1.89 bits per heavy atom. The fourth-order valence-corrected chi connectivity index (χ4v) is 6.01. The van der Waals surface area contributed by atoms with Crippen LogP contribution >= 0.6 is 0 Å². The van der Waals surface area contributed by atoms with Crippen molar-refractivity contribution in [2.24, 2.45) is 4.99 Å². The zero-order valence-corrected chi connectivity index (χ0v) is 25.1. The summed E-state index contributed by atoms with van der Waals surface area (Å²) in [6.07, 6.45) is 3.76. The van der Waals surface area contributed by atoms with Gasteiger partial charge in [-0.3, -0.25) is 4.90 Å². The molecule has 1 fully saturated rings. The number of hydrogen-bond acceptors (Lipinski definition) is 9. The van der Waals surface area contributed by atoms with Crippen molar-refractivity contribution in [1.82, 2.24) is 9.80 Å². The first-order chi connectivity index (χ1) is 18.5. The van der Waals surface area contributed by atoms with E-state index < -0.39 is 0 Å². The van der Waals surface area contributed by atoms with Gasteiger partial charge in [0, 0.05) is 31.7 Å². The molecular formula is C28H34N3O4S2Tc. The molecule has 38 heavy (non-hydrogen) atoms. The van der Waals surface area contributed by atoms with Crippen LogP contribution in [0.15, 0.2) is 53.0 Å². The van der Waals surface area contributed by atoms with E-state index >= 15 is 0 Å². The summed E-state index contributed by atoms with van der Waals surface area (Å²) in [6, 6.07) is 15.2. The first kappa shape index (κ1) is 31.0. The molecule has 2 bridgehead atoms. The molecule has 0 aromatic heterocycles. The average Bonchev–Trinajstić information content (AvgIpc) is 3.22. The van der Waals surface area contributed by atoms with Gasteiger partial charge in [0.2, 0.25) is 0 Å². The van der Waals surface area contributed by atoms with Crippen LogP contribution in [0.3, 0.4) is 0 Å².